The van der Waals surface area contributed by atoms with Crippen LogP contribution in [0.1, 0.15) is 16.4 Å². The van der Waals surface area contributed by atoms with Crippen molar-refractivity contribution in [3.05, 3.63) is 65.7 Å². The molecule has 1 unspecified atom stereocenters. The summed E-state index contributed by atoms with van der Waals surface area (Å²) in [7, 11) is -3.65. The molecule has 1 aliphatic rings. The largest absolute Gasteiger partial charge is 0.244 e. The molecule has 2 aromatic rings. The second-order valence-corrected chi connectivity index (χ2v) is 8.46. The maximum absolute atomic E-state index is 12.9. The molecule has 1 fully saturated rings. The maximum atomic E-state index is 12.9. The number of hydrogen-bond donors (Lipinski definition) is 0. The Hall–Kier alpha value is -1.81. The van der Waals surface area contributed by atoms with E-state index in [9.17, 15) is 13.7 Å². The summed E-state index contributed by atoms with van der Waals surface area (Å²) in [5.41, 5.74) is 1.33. The van der Waals surface area contributed by atoms with Crippen LogP contribution in [0.25, 0.3) is 0 Å². The van der Waals surface area contributed by atoms with Crippen molar-refractivity contribution in [1.82, 2.24) is 4.31 Å². The molecule has 0 aliphatic carbocycles. The van der Waals surface area contributed by atoms with Crippen LogP contribution in [0.5, 0.6) is 0 Å². The molecule has 0 N–H and O–H groups in total. The highest BCUT2D eigenvalue weighted by molar-refractivity contribution is 7.99. The van der Waals surface area contributed by atoms with Gasteiger partial charge in [0.25, 0.3) is 0 Å². The van der Waals surface area contributed by atoms with E-state index in [-0.39, 0.29) is 15.7 Å². The third-order valence-electron chi connectivity index (χ3n) is 3.83. The first-order chi connectivity index (χ1) is 11.1. The highest BCUT2D eigenvalue weighted by Gasteiger charge is 2.32. The van der Waals surface area contributed by atoms with Crippen LogP contribution in [0, 0.1) is 11.3 Å². The van der Waals surface area contributed by atoms with Gasteiger partial charge in [-0.3, -0.25) is 0 Å². The zero-order valence-electron chi connectivity index (χ0n) is 12.4. The first-order valence-corrected chi connectivity index (χ1v) is 9.77. The summed E-state index contributed by atoms with van der Waals surface area (Å²) in [6.07, 6.45) is 0. The fourth-order valence-corrected chi connectivity index (χ4v) is 5.69. The fraction of sp³-hybridized carbons (Fsp3) is 0.235. The van der Waals surface area contributed by atoms with E-state index in [1.165, 1.54) is 10.4 Å². The van der Waals surface area contributed by atoms with E-state index < -0.39 is 10.0 Å². The van der Waals surface area contributed by atoms with E-state index >= 15 is 0 Å². The number of benzene rings is 2. The fourth-order valence-electron chi connectivity index (χ4n) is 2.64. The third-order valence-corrected chi connectivity index (χ3v) is 6.99. The summed E-state index contributed by atoms with van der Waals surface area (Å²) >= 11 is 1.77. The lowest BCUT2D eigenvalue weighted by atomic mass is 10.1. The van der Waals surface area contributed by atoms with Crippen LogP contribution < -0.4 is 0 Å². The minimum atomic E-state index is -3.65. The molecule has 0 saturated carbocycles. The topological polar surface area (TPSA) is 61.2 Å². The summed E-state index contributed by atoms with van der Waals surface area (Å²) in [6.45, 7) is 0.896. The molecule has 1 heterocycles. The second-order valence-electron chi connectivity index (χ2n) is 5.24. The Balaban J connectivity index is 1.90. The predicted octanol–water partition coefficient (Wildman–Crippen LogP) is 3.04. The SMILES string of the molecule is N#Cc1ccccc1S(=O)(=O)N1CCSC(c2ccccc2)C1. The molecular formula is C17H16N2O2S2. The summed E-state index contributed by atoms with van der Waals surface area (Å²) in [6, 6.07) is 18.3. The molecular weight excluding hydrogens is 328 g/mol. The Bertz CT molecular complexity index is 829. The molecule has 0 radical (unpaired) electrons. The third kappa shape index (κ3) is 3.27. The maximum Gasteiger partial charge on any atom is 0.244 e. The van der Waals surface area contributed by atoms with Crippen molar-refractivity contribution in [2.45, 2.75) is 10.1 Å². The molecule has 23 heavy (non-hydrogen) atoms. The van der Waals surface area contributed by atoms with Crippen LogP contribution in [0.2, 0.25) is 0 Å². The molecule has 1 atom stereocenters. The van der Waals surface area contributed by atoms with E-state index in [0.717, 1.165) is 11.3 Å². The monoisotopic (exact) mass is 344 g/mol. The molecule has 0 aromatic heterocycles. The molecule has 0 bridgehead atoms. The van der Waals surface area contributed by atoms with Crippen molar-refractivity contribution in [3.63, 3.8) is 0 Å². The lowest BCUT2D eigenvalue weighted by Gasteiger charge is -2.32. The van der Waals surface area contributed by atoms with E-state index in [1.54, 1.807) is 30.0 Å². The smallest absolute Gasteiger partial charge is 0.207 e. The Labute approximate surface area is 140 Å². The van der Waals surface area contributed by atoms with Crippen LogP contribution in [0.15, 0.2) is 59.5 Å². The van der Waals surface area contributed by atoms with Gasteiger partial charge in [0.15, 0.2) is 0 Å². The molecule has 2 aromatic carbocycles. The van der Waals surface area contributed by atoms with Crippen LogP contribution in [0.3, 0.4) is 0 Å². The van der Waals surface area contributed by atoms with Crippen molar-refractivity contribution in [1.29, 1.82) is 5.26 Å². The zero-order valence-corrected chi connectivity index (χ0v) is 14.1. The molecule has 1 aliphatic heterocycles. The van der Waals surface area contributed by atoms with Gasteiger partial charge in [-0.05, 0) is 17.7 Å². The van der Waals surface area contributed by atoms with Crippen LogP contribution in [-0.4, -0.2) is 31.6 Å². The number of nitriles is 1. The van der Waals surface area contributed by atoms with E-state index in [0.29, 0.717) is 13.1 Å². The molecule has 0 spiro atoms. The summed E-state index contributed by atoms with van der Waals surface area (Å²) in [5.74, 6) is 0.744. The van der Waals surface area contributed by atoms with Gasteiger partial charge >= 0.3 is 0 Å². The summed E-state index contributed by atoms with van der Waals surface area (Å²) < 4.78 is 27.3. The van der Waals surface area contributed by atoms with Crippen LogP contribution in [0.4, 0.5) is 0 Å². The van der Waals surface area contributed by atoms with Gasteiger partial charge < -0.3 is 0 Å². The predicted molar refractivity (Wildman–Crippen MR) is 91.6 cm³/mol. The highest BCUT2D eigenvalue weighted by Crippen LogP contribution is 2.35. The second kappa shape index (κ2) is 6.75. The number of sulfonamides is 1. The number of rotatable bonds is 3. The Morgan fingerprint density at radius 3 is 2.52 bits per heavy atom. The van der Waals surface area contributed by atoms with Gasteiger partial charge in [-0.25, -0.2) is 8.42 Å². The summed E-state index contributed by atoms with van der Waals surface area (Å²) in [4.78, 5) is 0.0983. The lowest BCUT2D eigenvalue weighted by Crippen LogP contribution is -2.39. The Kier molecular flexibility index (Phi) is 4.71. The molecule has 0 amide bonds. The molecule has 118 valence electrons. The number of nitrogens with zero attached hydrogens (tertiary/aromatic N) is 2. The van der Waals surface area contributed by atoms with Gasteiger partial charge in [0.2, 0.25) is 10.0 Å². The van der Waals surface area contributed by atoms with Gasteiger partial charge in [0.05, 0.1) is 10.5 Å². The summed E-state index contributed by atoms with van der Waals surface area (Å²) in [5, 5.41) is 9.29. The normalized spacial score (nSPS) is 19.2. The van der Waals surface area contributed by atoms with Gasteiger partial charge in [0, 0.05) is 24.1 Å². The van der Waals surface area contributed by atoms with Gasteiger partial charge in [-0.2, -0.15) is 21.3 Å². The average Bonchev–Trinajstić information content (AvgIpc) is 2.62. The van der Waals surface area contributed by atoms with Crippen molar-refractivity contribution in [3.8, 4) is 6.07 Å². The molecule has 3 rings (SSSR count). The van der Waals surface area contributed by atoms with Gasteiger partial charge in [0.1, 0.15) is 6.07 Å². The van der Waals surface area contributed by atoms with Gasteiger partial charge in [-0.1, -0.05) is 42.5 Å². The van der Waals surface area contributed by atoms with Crippen LogP contribution in [-0.2, 0) is 10.0 Å². The number of hydrogen-bond acceptors (Lipinski definition) is 4. The Morgan fingerprint density at radius 1 is 1.09 bits per heavy atom. The van der Waals surface area contributed by atoms with E-state index in [1.807, 2.05) is 36.4 Å². The number of thioether (sulfide) groups is 1. The average molecular weight is 344 g/mol. The van der Waals surface area contributed by atoms with Crippen molar-refractivity contribution in [2.24, 2.45) is 0 Å². The molecule has 1 saturated heterocycles. The van der Waals surface area contributed by atoms with Crippen LogP contribution >= 0.6 is 11.8 Å². The van der Waals surface area contributed by atoms with Crippen molar-refractivity contribution >= 4 is 21.8 Å². The minimum Gasteiger partial charge on any atom is -0.207 e. The molecule has 4 nitrogen and oxygen atoms in total. The van der Waals surface area contributed by atoms with E-state index in [2.05, 4.69) is 0 Å². The van der Waals surface area contributed by atoms with Gasteiger partial charge in [-0.15, -0.1) is 0 Å². The quantitative estimate of drug-likeness (QED) is 0.859. The van der Waals surface area contributed by atoms with Crippen molar-refractivity contribution in [2.75, 3.05) is 18.8 Å². The minimum absolute atomic E-state index is 0.0983. The van der Waals surface area contributed by atoms with Crippen molar-refractivity contribution < 1.29 is 8.42 Å². The van der Waals surface area contributed by atoms with E-state index in [4.69, 9.17) is 0 Å². The first kappa shape index (κ1) is 16.1. The highest BCUT2D eigenvalue weighted by atomic mass is 32.2. The standard InChI is InChI=1S/C17H16N2O2S2/c18-12-15-8-4-5-9-17(15)23(20,21)19-10-11-22-16(13-19)14-6-2-1-3-7-14/h1-9,16H,10-11,13H2. The zero-order chi connectivity index (χ0) is 16.3. The molecule has 6 heteroatoms. The Morgan fingerprint density at radius 2 is 1.78 bits per heavy atom. The lowest BCUT2D eigenvalue weighted by molar-refractivity contribution is 0.421. The first-order valence-electron chi connectivity index (χ1n) is 7.29.